The molecule has 0 bridgehead atoms. The number of rotatable bonds is 2. The van der Waals surface area contributed by atoms with Gasteiger partial charge >= 0.3 is 6.09 Å². The van der Waals surface area contributed by atoms with Crippen molar-refractivity contribution in [3.05, 3.63) is 39.8 Å². The quantitative estimate of drug-likeness (QED) is 0.839. The number of hydrogen-bond donors (Lipinski definition) is 0. The number of thiophene rings is 1. The zero-order valence-electron chi connectivity index (χ0n) is 14.1. The van der Waals surface area contributed by atoms with Crippen LogP contribution in [0.15, 0.2) is 23.6 Å². The largest absolute Gasteiger partial charge is 0.453 e. The van der Waals surface area contributed by atoms with Crippen molar-refractivity contribution < 1.29 is 14.3 Å². The summed E-state index contributed by atoms with van der Waals surface area (Å²) in [5.74, 6) is 0.0250. The van der Waals surface area contributed by atoms with Crippen LogP contribution in [-0.4, -0.2) is 59.7 Å². The second-order valence-corrected chi connectivity index (χ2v) is 6.75. The fourth-order valence-corrected chi connectivity index (χ4v) is 3.89. The summed E-state index contributed by atoms with van der Waals surface area (Å²) in [5, 5.41) is 1.95. The van der Waals surface area contributed by atoms with E-state index in [1.165, 1.54) is 18.4 Å². The summed E-state index contributed by atoms with van der Waals surface area (Å²) in [7, 11) is 1.37. The van der Waals surface area contributed by atoms with Gasteiger partial charge in [-0.05, 0) is 37.4 Å². The Morgan fingerprint density at radius 2 is 1.58 bits per heavy atom. The number of carbonyl (C=O) groups excluding carboxylic acids is 2. The summed E-state index contributed by atoms with van der Waals surface area (Å²) in [6.07, 6.45) is -0.336. The van der Waals surface area contributed by atoms with Crippen molar-refractivity contribution in [1.29, 1.82) is 0 Å². The Labute approximate surface area is 145 Å². The third-order valence-corrected chi connectivity index (χ3v) is 5.24. The van der Waals surface area contributed by atoms with Gasteiger partial charge in [0.25, 0.3) is 5.91 Å². The Bertz CT molecular complexity index is 737. The normalized spacial score (nSPS) is 14.8. The van der Waals surface area contributed by atoms with E-state index < -0.39 is 0 Å². The SMILES string of the molecule is COC(=O)N1CCN(C(=O)c2sccc2-n2c(C)ccc2C)CC1. The molecule has 1 saturated heterocycles. The maximum absolute atomic E-state index is 12.9. The van der Waals surface area contributed by atoms with Crippen LogP contribution in [0.5, 0.6) is 0 Å². The molecule has 7 heteroatoms. The maximum Gasteiger partial charge on any atom is 0.409 e. The van der Waals surface area contributed by atoms with Crippen molar-refractivity contribution in [2.24, 2.45) is 0 Å². The molecule has 0 spiro atoms. The van der Waals surface area contributed by atoms with Crippen molar-refractivity contribution in [1.82, 2.24) is 14.4 Å². The number of amides is 2. The molecule has 0 N–H and O–H groups in total. The molecule has 2 aromatic heterocycles. The van der Waals surface area contributed by atoms with Crippen molar-refractivity contribution in [2.45, 2.75) is 13.8 Å². The lowest BCUT2D eigenvalue weighted by atomic mass is 10.2. The Hall–Kier alpha value is -2.28. The molecule has 1 aliphatic heterocycles. The monoisotopic (exact) mass is 347 g/mol. The molecule has 0 radical (unpaired) electrons. The standard InChI is InChI=1S/C17H21N3O3S/c1-12-4-5-13(2)20(12)14-6-11-24-15(14)16(21)18-7-9-19(10-8-18)17(22)23-3/h4-6,11H,7-10H2,1-3H3. The molecule has 24 heavy (non-hydrogen) atoms. The van der Waals surface area contributed by atoms with E-state index in [1.54, 1.807) is 4.90 Å². The zero-order valence-corrected chi connectivity index (χ0v) is 14.9. The van der Waals surface area contributed by atoms with E-state index >= 15 is 0 Å². The van der Waals surface area contributed by atoms with Crippen LogP contribution in [0.4, 0.5) is 4.79 Å². The fraction of sp³-hybridized carbons (Fsp3) is 0.412. The summed E-state index contributed by atoms with van der Waals surface area (Å²) in [6.45, 7) is 6.12. The van der Waals surface area contributed by atoms with Crippen LogP contribution in [0.25, 0.3) is 5.69 Å². The van der Waals surface area contributed by atoms with E-state index in [9.17, 15) is 9.59 Å². The van der Waals surface area contributed by atoms with Gasteiger partial charge in [0.15, 0.2) is 0 Å². The van der Waals surface area contributed by atoms with Gasteiger partial charge in [0.1, 0.15) is 4.88 Å². The molecule has 0 saturated carbocycles. The third-order valence-electron chi connectivity index (χ3n) is 4.35. The number of methoxy groups -OCH3 is 1. The van der Waals surface area contributed by atoms with Crippen LogP contribution >= 0.6 is 11.3 Å². The van der Waals surface area contributed by atoms with Gasteiger partial charge in [-0.1, -0.05) is 0 Å². The number of nitrogens with zero attached hydrogens (tertiary/aromatic N) is 3. The van der Waals surface area contributed by atoms with E-state index in [0.717, 1.165) is 22.0 Å². The van der Waals surface area contributed by atoms with Gasteiger partial charge in [-0.2, -0.15) is 0 Å². The van der Waals surface area contributed by atoms with Crippen molar-refractivity contribution in [3.63, 3.8) is 0 Å². The minimum Gasteiger partial charge on any atom is -0.453 e. The smallest absolute Gasteiger partial charge is 0.409 e. The van der Waals surface area contributed by atoms with E-state index in [2.05, 4.69) is 16.7 Å². The average molecular weight is 347 g/mol. The molecule has 0 aliphatic carbocycles. The van der Waals surface area contributed by atoms with Gasteiger partial charge in [-0.3, -0.25) is 4.79 Å². The highest BCUT2D eigenvalue weighted by Crippen LogP contribution is 2.26. The Morgan fingerprint density at radius 1 is 1.00 bits per heavy atom. The number of piperazine rings is 1. The van der Waals surface area contributed by atoms with Crippen LogP contribution < -0.4 is 0 Å². The lowest BCUT2D eigenvalue weighted by Crippen LogP contribution is -2.50. The zero-order chi connectivity index (χ0) is 17.3. The highest BCUT2D eigenvalue weighted by molar-refractivity contribution is 7.12. The maximum atomic E-state index is 12.9. The molecule has 6 nitrogen and oxygen atoms in total. The minimum absolute atomic E-state index is 0.0250. The number of aromatic nitrogens is 1. The first-order valence-electron chi connectivity index (χ1n) is 7.88. The summed E-state index contributed by atoms with van der Waals surface area (Å²) < 4.78 is 6.84. The molecular formula is C17H21N3O3S. The summed E-state index contributed by atoms with van der Waals surface area (Å²) in [6, 6.07) is 6.09. The molecule has 3 heterocycles. The molecular weight excluding hydrogens is 326 g/mol. The first kappa shape index (κ1) is 16.6. The van der Waals surface area contributed by atoms with Crippen molar-refractivity contribution in [2.75, 3.05) is 33.3 Å². The molecule has 1 fully saturated rings. The average Bonchev–Trinajstić information content (AvgIpc) is 3.20. The van der Waals surface area contributed by atoms with Crippen LogP contribution in [0.2, 0.25) is 0 Å². The molecule has 0 atom stereocenters. The van der Waals surface area contributed by atoms with Crippen LogP contribution in [0.1, 0.15) is 21.1 Å². The molecule has 3 rings (SSSR count). The Balaban J connectivity index is 1.78. The predicted octanol–water partition coefficient (Wildman–Crippen LogP) is 2.68. The molecule has 0 unspecified atom stereocenters. The van der Waals surface area contributed by atoms with E-state index in [0.29, 0.717) is 26.2 Å². The van der Waals surface area contributed by atoms with Gasteiger partial charge in [0.2, 0.25) is 0 Å². The van der Waals surface area contributed by atoms with Crippen molar-refractivity contribution >= 4 is 23.3 Å². The molecule has 2 aromatic rings. The lowest BCUT2D eigenvalue weighted by Gasteiger charge is -2.33. The van der Waals surface area contributed by atoms with Crippen LogP contribution in [0.3, 0.4) is 0 Å². The minimum atomic E-state index is -0.336. The number of carbonyl (C=O) groups is 2. The predicted molar refractivity (Wildman–Crippen MR) is 93.0 cm³/mol. The lowest BCUT2D eigenvalue weighted by molar-refractivity contribution is 0.0604. The highest BCUT2D eigenvalue weighted by atomic mass is 32.1. The Kier molecular flexibility index (Phi) is 4.62. The Morgan fingerprint density at radius 3 is 2.17 bits per heavy atom. The van der Waals surface area contributed by atoms with Gasteiger partial charge in [0.05, 0.1) is 12.8 Å². The van der Waals surface area contributed by atoms with E-state index in [4.69, 9.17) is 4.74 Å². The second-order valence-electron chi connectivity index (χ2n) is 5.84. The molecule has 128 valence electrons. The third kappa shape index (κ3) is 2.91. The van der Waals surface area contributed by atoms with Crippen molar-refractivity contribution in [3.8, 4) is 5.69 Å². The van der Waals surface area contributed by atoms with Gasteiger partial charge in [-0.25, -0.2) is 4.79 Å². The van der Waals surface area contributed by atoms with Gasteiger partial charge in [0, 0.05) is 37.6 Å². The number of ether oxygens (including phenoxy) is 1. The number of hydrogen-bond acceptors (Lipinski definition) is 4. The van der Waals surface area contributed by atoms with Gasteiger partial charge in [-0.15, -0.1) is 11.3 Å². The molecule has 2 amide bonds. The molecule has 0 aromatic carbocycles. The van der Waals surface area contributed by atoms with E-state index in [-0.39, 0.29) is 12.0 Å². The first-order chi connectivity index (χ1) is 11.5. The fourth-order valence-electron chi connectivity index (χ4n) is 3.05. The highest BCUT2D eigenvalue weighted by Gasteiger charge is 2.27. The topological polar surface area (TPSA) is 54.8 Å². The second kappa shape index (κ2) is 6.68. The molecule has 1 aliphatic rings. The van der Waals surface area contributed by atoms with Crippen LogP contribution in [0, 0.1) is 13.8 Å². The summed E-state index contributed by atoms with van der Waals surface area (Å²) >= 11 is 1.46. The van der Waals surface area contributed by atoms with E-state index in [1.807, 2.05) is 30.2 Å². The van der Waals surface area contributed by atoms with Crippen LogP contribution in [-0.2, 0) is 4.74 Å². The number of aryl methyl sites for hydroxylation is 2. The summed E-state index contributed by atoms with van der Waals surface area (Å²) in [5.41, 5.74) is 3.14. The first-order valence-corrected chi connectivity index (χ1v) is 8.76. The van der Waals surface area contributed by atoms with Gasteiger partial charge < -0.3 is 19.1 Å². The summed E-state index contributed by atoms with van der Waals surface area (Å²) in [4.78, 5) is 28.7.